The first-order chi connectivity index (χ1) is 8.97. The Morgan fingerprint density at radius 2 is 2.21 bits per heavy atom. The lowest BCUT2D eigenvalue weighted by Crippen LogP contribution is -2.38. The summed E-state index contributed by atoms with van der Waals surface area (Å²) < 4.78 is 5.63. The van der Waals surface area contributed by atoms with Gasteiger partial charge in [0, 0.05) is 6.04 Å². The normalized spacial score (nSPS) is 11.6. The van der Waals surface area contributed by atoms with Crippen LogP contribution in [0.15, 0.2) is 22.6 Å². The number of oxazole rings is 1. The maximum Gasteiger partial charge on any atom is 0.231 e. The number of rotatable bonds is 5. The Balaban J connectivity index is 2.24. The van der Waals surface area contributed by atoms with E-state index in [4.69, 9.17) is 15.9 Å². The first-order valence-electron chi connectivity index (χ1n) is 6.13. The molecule has 6 heteroatoms. The number of fused-ring (bicyclic) bond motifs is 1. The topological polar surface area (TPSA) is 98.4 Å². The van der Waals surface area contributed by atoms with Crippen molar-refractivity contribution in [3.8, 4) is 0 Å². The van der Waals surface area contributed by atoms with E-state index in [1.54, 1.807) is 6.07 Å². The Kier molecular flexibility index (Phi) is 3.71. The van der Waals surface area contributed by atoms with Crippen LogP contribution >= 0.6 is 0 Å². The fourth-order valence-corrected chi connectivity index (χ4v) is 1.88. The smallest absolute Gasteiger partial charge is 0.231 e. The van der Waals surface area contributed by atoms with Crippen molar-refractivity contribution in [1.82, 2.24) is 9.88 Å². The monoisotopic (exact) mass is 262 g/mol. The van der Waals surface area contributed by atoms with Crippen molar-refractivity contribution < 1.29 is 9.21 Å². The first kappa shape index (κ1) is 13.4. The minimum absolute atomic E-state index is 0.167. The minimum Gasteiger partial charge on any atom is -0.439 e. The molecule has 0 saturated heterocycles. The summed E-state index contributed by atoms with van der Waals surface area (Å²) in [5.74, 6) is 0.159. The molecule has 1 aromatic heterocycles. The second-order valence-electron chi connectivity index (χ2n) is 4.77. The van der Waals surface area contributed by atoms with E-state index in [-0.39, 0.29) is 18.5 Å². The largest absolute Gasteiger partial charge is 0.439 e. The van der Waals surface area contributed by atoms with Gasteiger partial charge < -0.3 is 15.9 Å². The van der Waals surface area contributed by atoms with E-state index in [9.17, 15) is 4.79 Å². The summed E-state index contributed by atoms with van der Waals surface area (Å²) in [5, 5.41) is 0. The highest BCUT2D eigenvalue weighted by Gasteiger charge is 2.16. The zero-order valence-electron chi connectivity index (χ0n) is 11.1. The molecule has 0 aliphatic carbocycles. The van der Waals surface area contributed by atoms with E-state index in [0.717, 1.165) is 0 Å². The van der Waals surface area contributed by atoms with Crippen LogP contribution in [-0.4, -0.2) is 28.4 Å². The zero-order chi connectivity index (χ0) is 14.0. The van der Waals surface area contributed by atoms with Crippen LogP contribution in [0.25, 0.3) is 11.1 Å². The molecule has 0 aliphatic heterocycles. The highest BCUT2D eigenvalue weighted by Crippen LogP contribution is 2.22. The number of carbonyl (C=O) groups excluding carboxylic acids is 1. The molecule has 1 amide bonds. The SMILES string of the molecule is CC(C)N(CC(N)=O)Cc1nc2c(N)cccc2o1. The van der Waals surface area contributed by atoms with Gasteiger partial charge in [-0.1, -0.05) is 6.07 Å². The molecule has 4 N–H and O–H groups in total. The first-order valence-corrected chi connectivity index (χ1v) is 6.13. The number of nitrogens with zero attached hydrogens (tertiary/aromatic N) is 2. The Hall–Kier alpha value is -2.08. The lowest BCUT2D eigenvalue weighted by atomic mass is 10.3. The van der Waals surface area contributed by atoms with Crippen molar-refractivity contribution in [1.29, 1.82) is 0 Å². The van der Waals surface area contributed by atoms with Gasteiger partial charge in [0.2, 0.25) is 11.8 Å². The van der Waals surface area contributed by atoms with Crippen LogP contribution in [0.5, 0.6) is 0 Å². The van der Waals surface area contributed by atoms with Crippen LogP contribution in [0.4, 0.5) is 5.69 Å². The molecule has 2 aromatic rings. The fourth-order valence-electron chi connectivity index (χ4n) is 1.88. The predicted molar refractivity (Wildman–Crippen MR) is 73.2 cm³/mol. The number of aromatic nitrogens is 1. The van der Waals surface area contributed by atoms with Gasteiger partial charge >= 0.3 is 0 Å². The van der Waals surface area contributed by atoms with Gasteiger partial charge in [0.25, 0.3) is 0 Å². The van der Waals surface area contributed by atoms with Crippen molar-refractivity contribution >= 4 is 22.7 Å². The number of hydrogen-bond acceptors (Lipinski definition) is 5. The van der Waals surface area contributed by atoms with Crippen molar-refractivity contribution in [2.24, 2.45) is 5.73 Å². The second-order valence-corrected chi connectivity index (χ2v) is 4.77. The van der Waals surface area contributed by atoms with E-state index < -0.39 is 0 Å². The van der Waals surface area contributed by atoms with Crippen LogP contribution in [0.1, 0.15) is 19.7 Å². The van der Waals surface area contributed by atoms with Gasteiger partial charge in [0.15, 0.2) is 5.58 Å². The van der Waals surface area contributed by atoms with Crippen LogP contribution in [0.3, 0.4) is 0 Å². The Labute approximate surface area is 111 Å². The van der Waals surface area contributed by atoms with Gasteiger partial charge in [-0.15, -0.1) is 0 Å². The molecule has 0 spiro atoms. The summed E-state index contributed by atoms with van der Waals surface area (Å²) in [6.07, 6.45) is 0. The van der Waals surface area contributed by atoms with Gasteiger partial charge in [-0.3, -0.25) is 9.69 Å². The van der Waals surface area contributed by atoms with Crippen molar-refractivity contribution in [3.05, 3.63) is 24.1 Å². The van der Waals surface area contributed by atoms with Gasteiger partial charge in [0.05, 0.1) is 18.8 Å². The summed E-state index contributed by atoms with van der Waals surface area (Å²) in [7, 11) is 0. The molecular weight excluding hydrogens is 244 g/mol. The molecule has 0 saturated carbocycles. The molecule has 19 heavy (non-hydrogen) atoms. The third-order valence-electron chi connectivity index (χ3n) is 2.92. The van der Waals surface area contributed by atoms with Gasteiger partial charge in [-0.05, 0) is 26.0 Å². The molecular formula is C13H18N4O2. The van der Waals surface area contributed by atoms with E-state index in [1.807, 2.05) is 30.9 Å². The number of benzene rings is 1. The maximum atomic E-state index is 11.0. The quantitative estimate of drug-likeness (QED) is 0.786. The highest BCUT2D eigenvalue weighted by molar-refractivity contribution is 5.85. The summed E-state index contributed by atoms with van der Waals surface area (Å²) in [6.45, 7) is 4.57. The number of nitrogen functional groups attached to an aromatic ring is 1. The lowest BCUT2D eigenvalue weighted by Gasteiger charge is -2.22. The standard InChI is InChI=1S/C13H18N4O2/c1-8(2)17(6-11(15)18)7-12-16-13-9(14)4-3-5-10(13)19-12/h3-5,8H,6-7,14H2,1-2H3,(H2,15,18). The van der Waals surface area contributed by atoms with Crippen LogP contribution in [-0.2, 0) is 11.3 Å². The van der Waals surface area contributed by atoms with Crippen molar-refractivity contribution in [2.45, 2.75) is 26.4 Å². The zero-order valence-corrected chi connectivity index (χ0v) is 11.1. The predicted octanol–water partition coefficient (Wildman–Crippen LogP) is 1.11. The van der Waals surface area contributed by atoms with Crippen LogP contribution in [0, 0.1) is 0 Å². The highest BCUT2D eigenvalue weighted by atomic mass is 16.3. The van der Waals surface area contributed by atoms with E-state index in [1.165, 1.54) is 0 Å². The maximum absolute atomic E-state index is 11.0. The second kappa shape index (κ2) is 5.27. The molecule has 0 radical (unpaired) electrons. The molecule has 102 valence electrons. The summed E-state index contributed by atoms with van der Waals surface area (Å²) in [4.78, 5) is 17.3. The summed E-state index contributed by atoms with van der Waals surface area (Å²) >= 11 is 0. The fraction of sp³-hybridized carbons (Fsp3) is 0.385. The van der Waals surface area contributed by atoms with Crippen molar-refractivity contribution in [3.63, 3.8) is 0 Å². The van der Waals surface area contributed by atoms with Crippen molar-refractivity contribution in [2.75, 3.05) is 12.3 Å². The number of amides is 1. The molecule has 1 aromatic carbocycles. The van der Waals surface area contributed by atoms with E-state index in [2.05, 4.69) is 4.98 Å². The van der Waals surface area contributed by atoms with Crippen LogP contribution < -0.4 is 11.5 Å². The molecule has 0 fully saturated rings. The number of para-hydroxylation sites is 1. The third-order valence-corrected chi connectivity index (χ3v) is 2.92. The Morgan fingerprint density at radius 1 is 1.47 bits per heavy atom. The van der Waals surface area contributed by atoms with E-state index >= 15 is 0 Å². The van der Waals surface area contributed by atoms with E-state index in [0.29, 0.717) is 29.2 Å². The van der Waals surface area contributed by atoms with Crippen LogP contribution in [0.2, 0.25) is 0 Å². The molecule has 0 unspecified atom stereocenters. The number of primary amides is 1. The Morgan fingerprint density at radius 3 is 2.79 bits per heavy atom. The molecule has 6 nitrogen and oxygen atoms in total. The number of nitrogens with two attached hydrogens (primary N) is 2. The van der Waals surface area contributed by atoms with Gasteiger partial charge in [-0.25, -0.2) is 4.98 Å². The number of anilines is 1. The molecule has 2 rings (SSSR count). The average molecular weight is 262 g/mol. The van der Waals surface area contributed by atoms with Gasteiger partial charge in [-0.2, -0.15) is 0 Å². The molecule has 0 bridgehead atoms. The summed E-state index contributed by atoms with van der Waals surface area (Å²) in [6, 6.07) is 5.57. The number of carbonyl (C=O) groups is 1. The molecule has 1 heterocycles. The average Bonchev–Trinajstić information content (AvgIpc) is 2.71. The lowest BCUT2D eigenvalue weighted by molar-refractivity contribution is -0.119. The van der Waals surface area contributed by atoms with Gasteiger partial charge in [0.1, 0.15) is 5.52 Å². The summed E-state index contributed by atoms with van der Waals surface area (Å²) in [5.41, 5.74) is 12.9. The minimum atomic E-state index is -0.371. The number of hydrogen-bond donors (Lipinski definition) is 2. The third kappa shape index (κ3) is 3.03. The molecule has 0 aliphatic rings. The Bertz CT molecular complexity index is 591. The molecule has 0 atom stereocenters.